The molecule has 0 N–H and O–H groups in total. The van der Waals surface area contributed by atoms with E-state index in [-0.39, 0.29) is 23.9 Å². The number of hydrogen-bond acceptors (Lipinski definition) is 4. The lowest BCUT2D eigenvalue weighted by Crippen LogP contribution is -2.39. The Hall–Kier alpha value is -0.870. The van der Waals surface area contributed by atoms with Crippen LogP contribution >= 0.6 is 0 Å². The Labute approximate surface area is 129 Å². The predicted octanol–water partition coefficient (Wildman–Crippen LogP) is 3.88. The van der Waals surface area contributed by atoms with Gasteiger partial charge in [0.1, 0.15) is 12.7 Å². The zero-order valence-electron chi connectivity index (χ0n) is 14.7. The second kappa shape index (κ2) is 8.54. The Balaban J connectivity index is 4.68. The van der Waals surface area contributed by atoms with Crippen molar-refractivity contribution in [2.75, 3.05) is 13.2 Å². The van der Waals surface area contributed by atoms with Gasteiger partial charge in [-0.25, -0.2) is 4.79 Å². The van der Waals surface area contributed by atoms with Crippen LogP contribution in [0.15, 0.2) is 12.2 Å². The number of carbonyl (C=O) groups is 1. The average molecular weight is 300 g/mol. The summed E-state index contributed by atoms with van der Waals surface area (Å²) in [5, 5.41) is 0. The van der Waals surface area contributed by atoms with Crippen molar-refractivity contribution in [1.82, 2.24) is 0 Å². The van der Waals surface area contributed by atoms with E-state index in [1.165, 1.54) is 0 Å². The minimum Gasteiger partial charge on any atom is -0.459 e. The van der Waals surface area contributed by atoms with E-state index in [1.54, 1.807) is 6.92 Å². The molecule has 0 bridgehead atoms. The highest BCUT2D eigenvalue weighted by Crippen LogP contribution is 2.22. The fourth-order valence-electron chi connectivity index (χ4n) is 1.57. The summed E-state index contributed by atoms with van der Waals surface area (Å²) in [7, 11) is 0. The second-order valence-electron chi connectivity index (χ2n) is 6.70. The first-order valence-corrected chi connectivity index (χ1v) is 7.67. The van der Waals surface area contributed by atoms with Crippen LogP contribution in [-0.2, 0) is 19.0 Å². The van der Waals surface area contributed by atoms with Crippen molar-refractivity contribution in [3.8, 4) is 0 Å². The third-order valence-corrected chi connectivity index (χ3v) is 3.40. The van der Waals surface area contributed by atoms with E-state index in [1.807, 2.05) is 20.8 Å². The summed E-state index contributed by atoms with van der Waals surface area (Å²) in [5.41, 5.74) is -0.102. The Kier molecular flexibility index (Phi) is 8.19. The van der Waals surface area contributed by atoms with E-state index in [2.05, 4.69) is 27.4 Å². The predicted molar refractivity (Wildman–Crippen MR) is 85.3 cm³/mol. The maximum absolute atomic E-state index is 11.5. The van der Waals surface area contributed by atoms with Crippen molar-refractivity contribution in [1.29, 1.82) is 0 Å². The summed E-state index contributed by atoms with van der Waals surface area (Å²) in [6, 6.07) is 0. The smallest absolute Gasteiger partial charge is 0.333 e. The van der Waals surface area contributed by atoms with Crippen molar-refractivity contribution in [3.63, 3.8) is 0 Å². The maximum atomic E-state index is 11.5. The lowest BCUT2D eigenvalue weighted by molar-refractivity contribution is -0.165. The minimum atomic E-state index is -0.394. The summed E-state index contributed by atoms with van der Waals surface area (Å²) in [4.78, 5) is 11.5. The monoisotopic (exact) mass is 300 g/mol. The SMILES string of the molecule is C=C(C)C(=O)OCC(COC(C)(C)C)OC(C)(CC)CC. The molecule has 0 radical (unpaired) electrons. The van der Waals surface area contributed by atoms with Gasteiger partial charge in [0.15, 0.2) is 0 Å². The van der Waals surface area contributed by atoms with E-state index in [0.29, 0.717) is 12.2 Å². The summed E-state index contributed by atoms with van der Waals surface area (Å²) in [6.45, 7) is 18.0. The molecule has 1 unspecified atom stereocenters. The van der Waals surface area contributed by atoms with Gasteiger partial charge in [-0.15, -0.1) is 0 Å². The highest BCUT2D eigenvalue weighted by molar-refractivity contribution is 5.86. The van der Waals surface area contributed by atoms with Crippen LogP contribution < -0.4 is 0 Å². The van der Waals surface area contributed by atoms with Gasteiger partial charge < -0.3 is 14.2 Å². The molecule has 0 fully saturated rings. The summed E-state index contributed by atoms with van der Waals surface area (Å²) in [6.07, 6.45) is 1.51. The lowest BCUT2D eigenvalue weighted by atomic mass is 10.00. The molecule has 0 saturated heterocycles. The second-order valence-corrected chi connectivity index (χ2v) is 6.70. The highest BCUT2D eigenvalue weighted by Gasteiger charge is 2.27. The highest BCUT2D eigenvalue weighted by atomic mass is 16.6. The number of rotatable bonds is 9. The first-order chi connectivity index (χ1) is 9.53. The molecule has 124 valence electrons. The van der Waals surface area contributed by atoms with Crippen molar-refractivity contribution >= 4 is 5.97 Å². The molecular formula is C17H32O4. The molecule has 0 aliphatic rings. The van der Waals surface area contributed by atoms with Crippen molar-refractivity contribution in [2.24, 2.45) is 0 Å². The van der Waals surface area contributed by atoms with Gasteiger partial charge >= 0.3 is 5.97 Å². The van der Waals surface area contributed by atoms with Crippen molar-refractivity contribution < 1.29 is 19.0 Å². The van der Waals surface area contributed by atoms with Crippen LogP contribution in [0.1, 0.15) is 61.3 Å². The fraction of sp³-hybridized carbons (Fsp3) is 0.824. The molecule has 0 heterocycles. The molecule has 4 nitrogen and oxygen atoms in total. The van der Waals surface area contributed by atoms with E-state index < -0.39 is 5.97 Å². The molecular weight excluding hydrogens is 268 g/mol. The first-order valence-electron chi connectivity index (χ1n) is 7.67. The Morgan fingerprint density at radius 1 is 1.10 bits per heavy atom. The topological polar surface area (TPSA) is 44.8 Å². The molecule has 0 aromatic carbocycles. The van der Waals surface area contributed by atoms with Gasteiger partial charge in [0, 0.05) is 5.57 Å². The van der Waals surface area contributed by atoms with Crippen molar-refractivity contribution in [2.45, 2.75) is 78.6 Å². The zero-order valence-corrected chi connectivity index (χ0v) is 14.7. The van der Waals surface area contributed by atoms with Crippen molar-refractivity contribution in [3.05, 3.63) is 12.2 Å². The number of carbonyl (C=O) groups excluding carboxylic acids is 1. The summed E-state index contributed by atoms with van der Waals surface area (Å²) < 4.78 is 17.1. The summed E-state index contributed by atoms with van der Waals surface area (Å²) >= 11 is 0. The van der Waals surface area contributed by atoms with Gasteiger partial charge in [-0.3, -0.25) is 0 Å². The Bertz CT molecular complexity index is 337. The van der Waals surface area contributed by atoms with Crippen LogP contribution in [0.3, 0.4) is 0 Å². The van der Waals surface area contributed by atoms with Gasteiger partial charge in [-0.05, 0) is 47.5 Å². The molecule has 0 aliphatic carbocycles. The zero-order chi connectivity index (χ0) is 16.7. The molecule has 1 atom stereocenters. The molecule has 0 aromatic rings. The van der Waals surface area contributed by atoms with Crippen LogP contribution in [0.4, 0.5) is 0 Å². The van der Waals surface area contributed by atoms with Crippen LogP contribution in [0, 0.1) is 0 Å². The largest absolute Gasteiger partial charge is 0.459 e. The van der Waals surface area contributed by atoms with Crippen LogP contribution in [0.25, 0.3) is 0 Å². The molecule has 21 heavy (non-hydrogen) atoms. The third kappa shape index (κ3) is 8.89. The normalized spacial score (nSPS) is 13.9. The molecule has 0 aromatic heterocycles. The quantitative estimate of drug-likeness (QED) is 0.479. The molecule has 0 amide bonds. The maximum Gasteiger partial charge on any atom is 0.333 e. The number of esters is 1. The third-order valence-electron chi connectivity index (χ3n) is 3.40. The van der Waals surface area contributed by atoms with Gasteiger partial charge in [0.2, 0.25) is 0 Å². The minimum absolute atomic E-state index is 0.178. The van der Waals surface area contributed by atoms with Gasteiger partial charge in [-0.1, -0.05) is 20.4 Å². The molecule has 0 rings (SSSR count). The lowest BCUT2D eigenvalue weighted by Gasteiger charge is -2.33. The first kappa shape index (κ1) is 20.1. The Morgan fingerprint density at radius 3 is 2.00 bits per heavy atom. The van der Waals surface area contributed by atoms with Crippen LogP contribution in [0.5, 0.6) is 0 Å². The molecule has 0 spiro atoms. The van der Waals surface area contributed by atoms with E-state index in [0.717, 1.165) is 12.8 Å². The molecule has 4 heteroatoms. The van der Waals surface area contributed by atoms with Crippen LogP contribution in [-0.4, -0.2) is 36.5 Å². The van der Waals surface area contributed by atoms with E-state index in [4.69, 9.17) is 14.2 Å². The van der Waals surface area contributed by atoms with Gasteiger partial charge in [0.05, 0.1) is 17.8 Å². The van der Waals surface area contributed by atoms with Gasteiger partial charge in [0.25, 0.3) is 0 Å². The molecule has 0 aliphatic heterocycles. The standard InChI is InChI=1S/C17H32O4/c1-9-17(8,10-2)21-14(12-20-16(5,6)7)11-19-15(18)13(3)4/h14H,3,9-12H2,1-2,4-8H3. The summed E-state index contributed by atoms with van der Waals surface area (Å²) in [5.74, 6) is -0.394. The number of ether oxygens (including phenoxy) is 3. The van der Waals surface area contributed by atoms with Gasteiger partial charge in [-0.2, -0.15) is 0 Å². The van der Waals surface area contributed by atoms with Crippen LogP contribution in [0.2, 0.25) is 0 Å². The average Bonchev–Trinajstić information content (AvgIpc) is 2.40. The Morgan fingerprint density at radius 2 is 1.62 bits per heavy atom. The molecule has 0 saturated carbocycles. The number of hydrogen-bond donors (Lipinski definition) is 0. The van der Waals surface area contributed by atoms with E-state index >= 15 is 0 Å². The van der Waals surface area contributed by atoms with E-state index in [9.17, 15) is 4.79 Å². The fourth-order valence-corrected chi connectivity index (χ4v) is 1.57.